The molecule has 16 bridgehead atoms. The summed E-state index contributed by atoms with van der Waals surface area (Å²) in [5, 5.41) is 0. The van der Waals surface area contributed by atoms with Crippen molar-refractivity contribution in [1.82, 2.24) is 39.9 Å². The van der Waals surface area contributed by atoms with E-state index in [1.807, 2.05) is 84.9 Å². The predicted octanol–water partition coefficient (Wildman–Crippen LogP) is 16.2. The molecule has 4 aliphatic rings. The van der Waals surface area contributed by atoms with E-state index in [9.17, 15) is 0 Å². The Kier molecular flexibility index (Phi) is 14.3. The van der Waals surface area contributed by atoms with Crippen LogP contribution in [-0.2, 0) is 39.0 Å². The van der Waals surface area contributed by atoms with E-state index in [-0.39, 0.29) is 39.0 Å². The molecule has 11 aromatic rings. The maximum absolute atomic E-state index is 5.80. The molecule has 0 saturated heterocycles. The minimum Gasteiger partial charge on any atom is -0.657 e. The number of aromatic nitrogens is 8. The maximum atomic E-state index is 5.80. The minimum absolute atomic E-state index is 0. The van der Waals surface area contributed by atoms with Crippen molar-refractivity contribution >= 4 is 92.7 Å². The van der Waals surface area contributed by atoms with E-state index in [1.165, 1.54) is 0 Å². The Morgan fingerprint density at radius 1 is 0.262 bits per heavy atom. The van der Waals surface area contributed by atoms with Crippen LogP contribution in [0.2, 0.25) is 0 Å². The molecule has 6 aromatic heterocycles. The summed E-state index contributed by atoms with van der Waals surface area (Å²) >= 11 is 0. The van der Waals surface area contributed by atoms with Gasteiger partial charge >= 0.3 is 39.0 Å². The van der Waals surface area contributed by atoms with Crippen molar-refractivity contribution in [2.75, 3.05) is 14.2 Å². The first-order chi connectivity index (χ1) is 40.5. The zero-order chi connectivity index (χ0) is 54.7. The molecular weight excluding hydrogens is 1140 g/mol. The molecule has 0 fully saturated rings. The van der Waals surface area contributed by atoms with Crippen molar-refractivity contribution in [3.8, 4) is 78.3 Å². The van der Waals surface area contributed by atoms with Crippen LogP contribution in [0.25, 0.3) is 160 Å². The van der Waals surface area contributed by atoms with Gasteiger partial charge in [0.1, 0.15) is 11.5 Å². The summed E-state index contributed by atoms with van der Waals surface area (Å²) in [7, 11) is 3.36. The van der Waals surface area contributed by atoms with E-state index in [0.717, 1.165) is 123 Å². The maximum Gasteiger partial charge on any atom is 2.00 e. The number of fused-ring (bicyclic) bond motifs is 16. The second-order valence-electron chi connectivity index (χ2n) is 20.1. The second kappa shape index (κ2) is 22.5. The number of methoxy groups -OCH3 is 2. The Labute approximate surface area is 509 Å². The summed E-state index contributed by atoms with van der Waals surface area (Å²) in [5.74, 6) is 1.43. The van der Waals surface area contributed by atoms with Crippen LogP contribution in [0.3, 0.4) is 0 Å². The third-order valence-electron chi connectivity index (χ3n) is 15.2. The zero-order valence-corrected chi connectivity index (χ0v) is 51.8. The average Bonchev–Trinajstić information content (AvgIpc) is 3.49. The van der Waals surface area contributed by atoms with Crippen LogP contribution in [0, 0.1) is 0 Å². The van der Waals surface area contributed by atoms with Crippen molar-refractivity contribution in [3.05, 3.63) is 240 Å². The molecule has 12 heteroatoms. The summed E-state index contributed by atoms with van der Waals surface area (Å²) in [6.45, 7) is 0. The van der Waals surface area contributed by atoms with Gasteiger partial charge in [0.15, 0.2) is 0 Å². The summed E-state index contributed by atoms with van der Waals surface area (Å²) in [5.41, 5.74) is 22.3. The normalized spacial score (nSPS) is 12.0. The van der Waals surface area contributed by atoms with Gasteiger partial charge in [-0.2, -0.15) is 0 Å². The van der Waals surface area contributed by atoms with Gasteiger partial charge in [0.05, 0.1) is 59.8 Å². The minimum atomic E-state index is 0. The fourth-order valence-corrected chi connectivity index (χ4v) is 11.5. The largest absolute Gasteiger partial charge is 2.00 e. The smallest absolute Gasteiger partial charge is 0.657 e. The predicted molar refractivity (Wildman–Crippen MR) is 333 cm³/mol. The van der Waals surface area contributed by atoms with Crippen molar-refractivity contribution in [2.24, 2.45) is 0 Å². The van der Waals surface area contributed by atoms with E-state index in [0.29, 0.717) is 45.1 Å². The first-order valence-electron chi connectivity index (χ1n) is 27.0. The molecule has 0 saturated carbocycles. The van der Waals surface area contributed by atoms with Gasteiger partial charge in [0.2, 0.25) is 0 Å². The third kappa shape index (κ3) is 9.69. The van der Waals surface area contributed by atoms with Crippen LogP contribution in [0.15, 0.2) is 194 Å². The topological polar surface area (TPSA) is 126 Å². The van der Waals surface area contributed by atoms with E-state index in [4.69, 9.17) is 49.3 Å². The van der Waals surface area contributed by atoms with Crippen LogP contribution in [0.1, 0.15) is 45.6 Å². The number of nitrogens with zero attached hydrogens (tertiary/aromatic N) is 8. The Balaban J connectivity index is 0.00000329. The molecule has 0 unspecified atom stereocenters. The molecule has 15 rings (SSSR count). The first kappa shape index (κ1) is 53.5. The zero-order valence-electron chi connectivity index (χ0n) is 45.9. The van der Waals surface area contributed by atoms with Crippen LogP contribution in [-0.4, -0.2) is 34.2 Å². The Hall–Kier alpha value is -9.85. The molecule has 0 N–H and O–H groups in total. The van der Waals surface area contributed by atoms with Crippen LogP contribution >= 0.6 is 0 Å². The average molecular weight is 1190 g/mol. The summed E-state index contributed by atoms with van der Waals surface area (Å²) < 4.78 is 11.6. The fraction of sp³-hybridized carbons (Fsp3) is 0.0278. The molecule has 84 heavy (non-hydrogen) atoms. The van der Waals surface area contributed by atoms with Crippen molar-refractivity contribution in [1.29, 1.82) is 0 Å². The Morgan fingerprint density at radius 3 is 0.940 bits per heavy atom. The monoisotopic (exact) mass is 1180 g/mol. The Bertz CT molecular complexity index is 4810. The Morgan fingerprint density at radius 2 is 0.560 bits per heavy atom. The molecule has 0 atom stereocenters. The molecule has 390 valence electrons. The molecule has 0 radical (unpaired) electrons. The molecule has 5 aromatic carbocycles. The van der Waals surface area contributed by atoms with Gasteiger partial charge in [-0.05, 0) is 140 Å². The molecule has 0 aliphatic carbocycles. The molecule has 10 heterocycles. The van der Waals surface area contributed by atoms with E-state index in [1.54, 1.807) is 14.2 Å². The fourth-order valence-electron chi connectivity index (χ4n) is 11.5. The molecule has 4 aliphatic heterocycles. The molecule has 10 nitrogen and oxygen atoms in total. The third-order valence-corrected chi connectivity index (χ3v) is 15.2. The van der Waals surface area contributed by atoms with E-state index >= 15 is 0 Å². The summed E-state index contributed by atoms with van der Waals surface area (Å²) in [4.78, 5) is 44.1. The number of rotatable bonds is 8. The summed E-state index contributed by atoms with van der Waals surface area (Å²) in [6, 6.07) is 65.7. The van der Waals surface area contributed by atoms with Crippen LogP contribution in [0.4, 0.5) is 0 Å². The van der Waals surface area contributed by atoms with E-state index in [2.05, 4.69) is 158 Å². The molecule has 0 spiro atoms. The second-order valence-corrected chi connectivity index (χ2v) is 20.1. The number of hydrogen-bond acceptors (Lipinski definition) is 6. The first-order valence-corrected chi connectivity index (χ1v) is 27.0. The molecular formula is C72H46N8O2Zn2. The number of hydrogen-bond donors (Lipinski definition) is 0. The van der Waals surface area contributed by atoms with Crippen molar-refractivity contribution in [2.45, 2.75) is 0 Å². The van der Waals surface area contributed by atoms with Gasteiger partial charge in [-0.3, -0.25) is 0 Å². The molecule has 0 amide bonds. The van der Waals surface area contributed by atoms with Crippen molar-refractivity contribution < 1.29 is 48.4 Å². The van der Waals surface area contributed by atoms with Gasteiger partial charge in [0, 0.05) is 0 Å². The quantitative estimate of drug-likeness (QED) is 0.136. The summed E-state index contributed by atoms with van der Waals surface area (Å²) in [6.07, 6.45) is 16.5. The van der Waals surface area contributed by atoms with Gasteiger partial charge < -0.3 is 29.4 Å². The standard InChI is InChI=1S/C72H46N8O2.2Zn/c1-81-50-22-12-20-46(40-50)69-52-26-24-48(73-52)42-49-25-27-53(74-49)70(47-21-13-23-51(41-47)82-2)61-35-39-65(80-61)72(64-38-34-60(69)79-64)71-62-36-32-58(77-62)67(44-16-8-4-9-17-44)56-30-28-54(75-56)66(43-14-6-3-7-15-43)55-29-31-57(76-55)68(45-18-10-5-11-19-45)59-33-37-63(71)78-59;;/h3-42H,1-2H3;;/q-4;2*+2. The van der Waals surface area contributed by atoms with Crippen LogP contribution < -0.4 is 29.4 Å². The SMILES string of the molecule is COc1cccc(-c2c3nc(c(-c4c5nc(c(-c6ccccc6)c6ccc([n-]6)c(-c6ccccc6)c6nc(c(-c7ccccc7)c7ccc4[n-]7)C=C6)C=C5)c4ccc([n-]4)c(-c4cccc(OC)c4)c4nc(cc5ccc2[n-]5)C=C4)C=C3)c1.[Zn+2].[Zn+2]. The van der Waals surface area contributed by atoms with Gasteiger partial charge in [-0.15, -0.1) is 44.1 Å². The van der Waals surface area contributed by atoms with Gasteiger partial charge in [-0.1, -0.05) is 170 Å². The van der Waals surface area contributed by atoms with Crippen molar-refractivity contribution in [3.63, 3.8) is 0 Å². The number of ether oxygens (including phenoxy) is 2. The number of benzene rings is 5. The van der Waals surface area contributed by atoms with E-state index < -0.39 is 0 Å². The van der Waals surface area contributed by atoms with Crippen LogP contribution in [0.5, 0.6) is 11.5 Å². The van der Waals surface area contributed by atoms with Gasteiger partial charge in [0.25, 0.3) is 0 Å². The van der Waals surface area contributed by atoms with Gasteiger partial charge in [-0.25, -0.2) is 19.9 Å².